The van der Waals surface area contributed by atoms with Crippen molar-refractivity contribution < 1.29 is 29.2 Å². The Morgan fingerprint density at radius 2 is 1.74 bits per heavy atom. The van der Waals surface area contributed by atoms with Crippen LogP contribution in [0.2, 0.25) is 25.7 Å². The lowest BCUT2D eigenvalue weighted by Crippen LogP contribution is -2.58. The van der Waals surface area contributed by atoms with Crippen molar-refractivity contribution in [1.29, 1.82) is 0 Å². The molecule has 0 bridgehead atoms. The van der Waals surface area contributed by atoms with Crippen molar-refractivity contribution in [2.45, 2.75) is 62.8 Å². The van der Waals surface area contributed by atoms with Gasteiger partial charge in [-0.25, -0.2) is 4.39 Å². The standard InChI is InChI=1S/C12H25FO5Si/c1-19(2,3)6-4-5-17-12-11(16)10(15)9(14)8(7-13)18-12/h8-12,14-16H,4-7H2,1-3H3/t8-,9-,10+,11-,12+/m1/s1. The molecule has 0 aliphatic carbocycles. The summed E-state index contributed by atoms with van der Waals surface area (Å²) in [5.74, 6) is 0. The lowest BCUT2D eigenvalue weighted by molar-refractivity contribution is -0.298. The predicted molar refractivity (Wildman–Crippen MR) is 71.4 cm³/mol. The van der Waals surface area contributed by atoms with Crippen molar-refractivity contribution in [1.82, 2.24) is 0 Å². The molecule has 0 radical (unpaired) electrons. The van der Waals surface area contributed by atoms with Gasteiger partial charge in [-0.3, -0.25) is 0 Å². The highest BCUT2D eigenvalue weighted by Gasteiger charge is 2.44. The zero-order chi connectivity index (χ0) is 14.6. The van der Waals surface area contributed by atoms with Crippen molar-refractivity contribution in [3.8, 4) is 0 Å². The van der Waals surface area contributed by atoms with Gasteiger partial charge < -0.3 is 24.8 Å². The number of ether oxygens (including phenoxy) is 2. The van der Waals surface area contributed by atoms with E-state index in [1.165, 1.54) is 0 Å². The van der Waals surface area contributed by atoms with Crippen LogP contribution in [0.3, 0.4) is 0 Å². The lowest BCUT2D eigenvalue weighted by Gasteiger charge is -2.39. The summed E-state index contributed by atoms with van der Waals surface area (Å²) in [6.45, 7) is 6.20. The average Bonchev–Trinajstić information content (AvgIpc) is 2.33. The van der Waals surface area contributed by atoms with Gasteiger partial charge in [0.2, 0.25) is 0 Å². The van der Waals surface area contributed by atoms with Gasteiger partial charge in [-0.15, -0.1) is 0 Å². The normalized spacial score (nSPS) is 36.5. The maximum absolute atomic E-state index is 12.6. The van der Waals surface area contributed by atoms with Crippen LogP contribution < -0.4 is 0 Å². The molecule has 0 unspecified atom stereocenters. The number of hydrogen-bond donors (Lipinski definition) is 3. The topological polar surface area (TPSA) is 79.2 Å². The van der Waals surface area contributed by atoms with Crippen molar-refractivity contribution >= 4 is 8.07 Å². The minimum atomic E-state index is -1.45. The zero-order valence-electron chi connectivity index (χ0n) is 11.8. The van der Waals surface area contributed by atoms with Gasteiger partial charge in [-0.1, -0.05) is 25.7 Å². The lowest BCUT2D eigenvalue weighted by atomic mass is 10.00. The van der Waals surface area contributed by atoms with Gasteiger partial charge in [0, 0.05) is 14.7 Å². The first-order chi connectivity index (χ1) is 8.76. The molecule has 1 rings (SSSR count). The Hall–Kier alpha value is -0.0531. The van der Waals surface area contributed by atoms with Crippen molar-refractivity contribution in [3.63, 3.8) is 0 Å². The predicted octanol–water partition coefficient (Wildman–Crippen LogP) is 0.508. The summed E-state index contributed by atoms with van der Waals surface area (Å²) in [6, 6.07) is 1.08. The SMILES string of the molecule is C[Si](C)(C)CCCO[C@H]1O[C@H](CF)[C@@H](O)[C@H](O)[C@H]1O. The van der Waals surface area contributed by atoms with E-state index in [0.29, 0.717) is 6.61 Å². The molecule has 0 saturated carbocycles. The van der Waals surface area contributed by atoms with Crippen LogP contribution >= 0.6 is 0 Å². The minimum Gasteiger partial charge on any atom is -0.387 e. The Balaban J connectivity index is 2.40. The number of hydrogen-bond acceptors (Lipinski definition) is 5. The molecule has 1 saturated heterocycles. The molecule has 5 atom stereocenters. The van der Waals surface area contributed by atoms with E-state index in [1.807, 2.05) is 0 Å². The third-order valence-corrected chi connectivity index (χ3v) is 5.03. The number of aliphatic hydroxyl groups excluding tert-OH is 3. The number of halogens is 1. The van der Waals surface area contributed by atoms with Gasteiger partial charge in [0.25, 0.3) is 0 Å². The summed E-state index contributed by atoms with van der Waals surface area (Å²) < 4.78 is 23.1. The van der Waals surface area contributed by atoms with Crippen LogP contribution in [-0.2, 0) is 9.47 Å². The van der Waals surface area contributed by atoms with E-state index >= 15 is 0 Å². The molecule has 114 valence electrons. The van der Waals surface area contributed by atoms with Crippen LogP contribution in [0.4, 0.5) is 4.39 Å². The third kappa shape index (κ3) is 5.09. The number of aliphatic hydroxyl groups is 3. The van der Waals surface area contributed by atoms with Gasteiger partial charge in [-0.2, -0.15) is 0 Å². The summed E-state index contributed by atoms with van der Waals surface area (Å²) >= 11 is 0. The molecule has 1 aliphatic rings. The second kappa shape index (κ2) is 7.10. The van der Waals surface area contributed by atoms with Crippen LogP contribution in [0.1, 0.15) is 6.42 Å². The molecule has 5 nitrogen and oxygen atoms in total. The molecule has 3 N–H and O–H groups in total. The van der Waals surface area contributed by atoms with E-state index in [-0.39, 0.29) is 0 Å². The van der Waals surface area contributed by atoms with E-state index in [4.69, 9.17) is 9.47 Å². The second-order valence-electron chi connectivity index (χ2n) is 6.20. The van der Waals surface area contributed by atoms with Crippen LogP contribution in [-0.4, -0.2) is 67.4 Å². The Bertz CT molecular complexity index is 271. The molecule has 0 amide bonds. The molecule has 19 heavy (non-hydrogen) atoms. The van der Waals surface area contributed by atoms with E-state index in [1.54, 1.807) is 0 Å². The van der Waals surface area contributed by atoms with E-state index < -0.39 is 45.5 Å². The fourth-order valence-corrected chi connectivity index (χ4v) is 3.19. The minimum absolute atomic E-state index is 0.383. The van der Waals surface area contributed by atoms with Crippen LogP contribution in [0, 0.1) is 0 Å². The highest BCUT2D eigenvalue weighted by molar-refractivity contribution is 6.76. The van der Waals surface area contributed by atoms with Crippen LogP contribution in [0.25, 0.3) is 0 Å². The first-order valence-electron chi connectivity index (χ1n) is 6.63. The van der Waals surface area contributed by atoms with Crippen molar-refractivity contribution in [3.05, 3.63) is 0 Å². The Labute approximate surface area is 114 Å². The maximum atomic E-state index is 12.6. The average molecular weight is 296 g/mol. The van der Waals surface area contributed by atoms with E-state index in [0.717, 1.165) is 12.5 Å². The number of alkyl halides is 1. The van der Waals surface area contributed by atoms with Gasteiger partial charge in [0.05, 0.1) is 0 Å². The Morgan fingerprint density at radius 1 is 1.11 bits per heavy atom. The molecular weight excluding hydrogens is 271 g/mol. The van der Waals surface area contributed by atoms with E-state index in [9.17, 15) is 19.7 Å². The van der Waals surface area contributed by atoms with Gasteiger partial charge in [0.15, 0.2) is 6.29 Å². The first-order valence-corrected chi connectivity index (χ1v) is 10.3. The molecular formula is C12H25FO5Si. The van der Waals surface area contributed by atoms with Crippen LogP contribution in [0.5, 0.6) is 0 Å². The van der Waals surface area contributed by atoms with Gasteiger partial charge in [0.1, 0.15) is 31.1 Å². The fraction of sp³-hybridized carbons (Fsp3) is 1.00. The Kier molecular flexibility index (Phi) is 6.35. The monoisotopic (exact) mass is 296 g/mol. The molecule has 0 aromatic rings. The molecule has 0 aromatic heterocycles. The van der Waals surface area contributed by atoms with Crippen molar-refractivity contribution in [2.75, 3.05) is 13.3 Å². The molecule has 7 heteroatoms. The molecule has 0 spiro atoms. The molecule has 1 fully saturated rings. The third-order valence-electron chi connectivity index (χ3n) is 3.17. The summed E-state index contributed by atoms with van der Waals surface area (Å²) in [6.07, 6.45) is -5.63. The number of rotatable bonds is 6. The smallest absolute Gasteiger partial charge is 0.186 e. The summed E-state index contributed by atoms with van der Waals surface area (Å²) in [5, 5.41) is 28.8. The second-order valence-corrected chi connectivity index (χ2v) is 11.8. The maximum Gasteiger partial charge on any atom is 0.186 e. The molecule has 1 aliphatic heterocycles. The highest BCUT2D eigenvalue weighted by Crippen LogP contribution is 2.23. The van der Waals surface area contributed by atoms with Gasteiger partial charge >= 0.3 is 0 Å². The summed E-state index contributed by atoms with van der Waals surface area (Å²) in [5.41, 5.74) is 0. The largest absolute Gasteiger partial charge is 0.387 e. The summed E-state index contributed by atoms with van der Waals surface area (Å²) in [4.78, 5) is 0. The van der Waals surface area contributed by atoms with Crippen molar-refractivity contribution in [2.24, 2.45) is 0 Å². The zero-order valence-corrected chi connectivity index (χ0v) is 12.8. The molecule has 1 heterocycles. The van der Waals surface area contributed by atoms with Gasteiger partial charge in [-0.05, 0) is 6.42 Å². The fourth-order valence-electron chi connectivity index (χ4n) is 1.98. The van der Waals surface area contributed by atoms with Crippen LogP contribution in [0.15, 0.2) is 0 Å². The first kappa shape index (κ1) is 17.0. The summed E-state index contributed by atoms with van der Waals surface area (Å²) in [7, 11) is -1.14. The molecule has 0 aromatic carbocycles. The highest BCUT2D eigenvalue weighted by atomic mass is 28.3. The quantitative estimate of drug-likeness (QED) is 0.491. The van der Waals surface area contributed by atoms with E-state index in [2.05, 4.69) is 19.6 Å². The Morgan fingerprint density at radius 3 is 2.26 bits per heavy atom.